The number of alkyl halides is 2. The minimum atomic E-state index is -2.54. The number of halogens is 2. The first kappa shape index (κ1) is 16.1. The van der Waals surface area contributed by atoms with Gasteiger partial charge in [0.15, 0.2) is 5.65 Å². The number of hydrogen-bond acceptors (Lipinski definition) is 3. The van der Waals surface area contributed by atoms with E-state index in [2.05, 4.69) is 15.0 Å². The standard InChI is InChI=1S/C19H14F2N4O/c20-17(21)13-5-3-4-12(8-13)14-9-16-18(23-10-14)24-19(26)25(16)11-15-6-1-2-7-22-15/h1-10,17H,11H2,(H,23,24,26). The second-order valence-corrected chi connectivity index (χ2v) is 5.86. The molecule has 0 atom stereocenters. The van der Waals surface area contributed by atoms with Crippen LogP contribution in [-0.2, 0) is 6.54 Å². The molecule has 0 radical (unpaired) electrons. The van der Waals surface area contributed by atoms with E-state index in [0.717, 1.165) is 5.69 Å². The van der Waals surface area contributed by atoms with Crippen LogP contribution in [0.25, 0.3) is 22.3 Å². The highest BCUT2D eigenvalue weighted by Crippen LogP contribution is 2.26. The van der Waals surface area contributed by atoms with Crippen LogP contribution in [0.4, 0.5) is 8.78 Å². The number of nitrogens with zero attached hydrogens (tertiary/aromatic N) is 3. The molecule has 3 heterocycles. The summed E-state index contributed by atoms with van der Waals surface area (Å²) < 4.78 is 27.4. The second-order valence-electron chi connectivity index (χ2n) is 5.86. The van der Waals surface area contributed by atoms with Gasteiger partial charge < -0.3 is 0 Å². The Morgan fingerprint density at radius 3 is 2.69 bits per heavy atom. The number of imidazole rings is 1. The molecule has 3 aromatic heterocycles. The Kier molecular flexibility index (Phi) is 4.04. The summed E-state index contributed by atoms with van der Waals surface area (Å²) in [6.45, 7) is 0.294. The van der Waals surface area contributed by atoms with Crippen LogP contribution in [0, 0.1) is 0 Å². The lowest BCUT2D eigenvalue weighted by atomic mass is 10.0. The number of fused-ring (bicyclic) bond motifs is 1. The number of hydrogen-bond donors (Lipinski definition) is 1. The molecule has 5 nitrogen and oxygen atoms in total. The van der Waals surface area contributed by atoms with E-state index in [9.17, 15) is 13.6 Å². The largest absolute Gasteiger partial charge is 0.328 e. The molecule has 0 aliphatic carbocycles. The Hall–Kier alpha value is -3.35. The maximum absolute atomic E-state index is 13.0. The van der Waals surface area contributed by atoms with Crippen molar-refractivity contribution in [1.82, 2.24) is 19.5 Å². The highest BCUT2D eigenvalue weighted by Gasteiger charge is 2.12. The quantitative estimate of drug-likeness (QED) is 0.608. The van der Waals surface area contributed by atoms with Gasteiger partial charge in [0.2, 0.25) is 0 Å². The fourth-order valence-electron chi connectivity index (χ4n) is 2.86. The lowest BCUT2D eigenvalue weighted by Gasteiger charge is -2.06. The van der Waals surface area contributed by atoms with Crippen LogP contribution in [0.5, 0.6) is 0 Å². The van der Waals surface area contributed by atoms with Gasteiger partial charge in [-0.05, 0) is 29.8 Å². The molecule has 130 valence electrons. The molecule has 0 bridgehead atoms. The predicted molar refractivity (Wildman–Crippen MR) is 94.1 cm³/mol. The van der Waals surface area contributed by atoms with E-state index in [-0.39, 0.29) is 11.3 Å². The van der Waals surface area contributed by atoms with E-state index in [1.807, 2.05) is 12.1 Å². The molecule has 0 aliphatic rings. The lowest BCUT2D eigenvalue weighted by Crippen LogP contribution is -2.17. The summed E-state index contributed by atoms with van der Waals surface area (Å²) in [5, 5.41) is 0. The maximum atomic E-state index is 13.0. The van der Waals surface area contributed by atoms with E-state index in [1.165, 1.54) is 16.7 Å². The van der Waals surface area contributed by atoms with Crippen molar-refractivity contribution in [3.63, 3.8) is 0 Å². The zero-order valence-electron chi connectivity index (χ0n) is 13.6. The van der Waals surface area contributed by atoms with Crippen LogP contribution >= 0.6 is 0 Å². The average molecular weight is 352 g/mol. The van der Waals surface area contributed by atoms with Crippen molar-refractivity contribution in [1.29, 1.82) is 0 Å². The Morgan fingerprint density at radius 1 is 1.04 bits per heavy atom. The van der Waals surface area contributed by atoms with Crippen molar-refractivity contribution in [3.05, 3.63) is 82.7 Å². The summed E-state index contributed by atoms with van der Waals surface area (Å²) in [7, 11) is 0. The van der Waals surface area contributed by atoms with Crippen LogP contribution in [0.15, 0.2) is 65.7 Å². The van der Waals surface area contributed by atoms with E-state index in [0.29, 0.717) is 28.8 Å². The minimum Gasteiger partial charge on any atom is -0.290 e. The van der Waals surface area contributed by atoms with E-state index in [4.69, 9.17) is 0 Å². The second kappa shape index (κ2) is 6.51. The number of benzene rings is 1. The van der Waals surface area contributed by atoms with Crippen LogP contribution in [0.1, 0.15) is 17.7 Å². The zero-order valence-corrected chi connectivity index (χ0v) is 13.6. The van der Waals surface area contributed by atoms with Gasteiger partial charge in [-0.3, -0.25) is 14.5 Å². The number of pyridine rings is 2. The normalized spacial score (nSPS) is 11.3. The van der Waals surface area contributed by atoms with Crippen LogP contribution in [0.2, 0.25) is 0 Å². The van der Waals surface area contributed by atoms with Crippen molar-refractivity contribution < 1.29 is 8.78 Å². The van der Waals surface area contributed by atoms with Gasteiger partial charge in [-0.1, -0.05) is 24.3 Å². The number of H-pyrrole nitrogens is 1. The van der Waals surface area contributed by atoms with Crippen LogP contribution < -0.4 is 5.69 Å². The highest BCUT2D eigenvalue weighted by atomic mass is 19.3. The van der Waals surface area contributed by atoms with E-state index >= 15 is 0 Å². The third-order valence-corrected chi connectivity index (χ3v) is 4.15. The van der Waals surface area contributed by atoms with Crippen LogP contribution in [0.3, 0.4) is 0 Å². The number of rotatable bonds is 4. The van der Waals surface area contributed by atoms with Crippen molar-refractivity contribution >= 4 is 11.2 Å². The van der Waals surface area contributed by atoms with Gasteiger partial charge in [0, 0.05) is 23.5 Å². The fraction of sp³-hybridized carbons (Fsp3) is 0.105. The SMILES string of the molecule is O=c1[nH]c2ncc(-c3cccc(C(F)F)c3)cc2n1Cc1ccccn1. The van der Waals surface area contributed by atoms with Gasteiger partial charge in [0.05, 0.1) is 17.8 Å². The fourth-order valence-corrected chi connectivity index (χ4v) is 2.86. The van der Waals surface area contributed by atoms with Gasteiger partial charge in [0.25, 0.3) is 6.43 Å². The van der Waals surface area contributed by atoms with Gasteiger partial charge in [-0.15, -0.1) is 0 Å². The third-order valence-electron chi connectivity index (χ3n) is 4.15. The molecule has 4 rings (SSSR count). The molecular weight excluding hydrogens is 338 g/mol. The molecule has 0 amide bonds. The lowest BCUT2D eigenvalue weighted by molar-refractivity contribution is 0.151. The van der Waals surface area contributed by atoms with Gasteiger partial charge in [-0.2, -0.15) is 0 Å². The van der Waals surface area contributed by atoms with Crippen molar-refractivity contribution in [2.45, 2.75) is 13.0 Å². The smallest absolute Gasteiger partial charge is 0.290 e. The summed E-state index contributed by atoms with van der Waals surface area (Å²) in [6, 6.07) is 13.4. The summed E-state index contributed by atoms with van der Waals surface area (Å²) in [4.78, 5) is 23.5. The molecule has 7 heteroatoms. The van der Waals surface area contributed by atoms with Crippen molar-refractivity contribution in [2.75, 3.05) is 0 Å². The van der Waals surface area contributed by atoms with E-state index in [1.54, 1.807) is 36.7 Å². The summed E-state index contributed by atoms with van der Waals surface area (Å²) in [5.41, 5.74) is 2.71. The summed E-state index contributed by atoms with van der Waals surface area (Å²) >= 11 is 0. The van der Waals surface area contributed by atoms with Gasteiger partial charge in [-0.25, -0.2) is 18.6 Å². The summed E-state index contributed by atoms with van der Waals surface area (Å²) in [6.07, 6.45) is 0.684. The molecule has 26 heavy (non-hydrogen) atoms. The first-order valence-electron chi connectivity index (χ1n) is 7.99. The molecular formula is C19H14F2N4O. The number of aromatic amines is 1. The number of aromatic nitrogens is 4. The minimum absolute atomic E-state index is 0.0532. The van der Waals surface area contributed by atoms with E-state index < -0.39 is 6.43 Å². The number of nitrogens with one attached hydrogen (secondary N) is 1. The van der Waals surface area contributed by atoms with Gasteiger partial charge >= 0.3 is 5.69 Å². The maximum Gasteiger partial charge on any atom is 0.328 e. The monoisotopic (exact) mass is 352 g/mol. The summed E-state index contributed by atoms with van der Waals surface area (Å²) in [5.74, 6) is 0. The average Bonchev–Trinajstić information content (AvgIpc) is 2.97. The molecule has 0 aliphatic heterocycles. The van der Waals surface area contributed by atoms with Gasteiger partial charge in [0.1, 0.15) is 0 Å². The molecule has 0 saturated carbocycles. The third kappa shape index (κ3) is 2.99. The molecule has 1 aromatic carbocycles. The molecule has 0 spiro atoms. The predicted octanol–water partition coefficient (Wildman–Crippen LogP) is 3.77. The van der Waals surface area contributed by atoms with Crippen molar-refractivity contribution in [2.24, 2.45) is 0 Å². The van der Waals surface area contributed by atoms with Crippen LogP contribution in [-0.4, -0.2) is 19.5 Å². The molecule has 0 fully saturated rings. The molecule has 1 N–H and O–H groups in total. The van der Waals surface area contributed by atoms with Crippen molar-refractivity contribution in [3.8, 4) is 11.1 Å². The molecule has 0 saturated heterocycles. The Balaban J connectivity index is 1.81. The zero-order chi connectivity index (χ0) is 18.1. The highest BCUT2D eigenvalue weighted by molar-refractivity contribution is 5.78. The Morgan fingerprint density at radius 2 is 1.92 bits per heavy atom. The first-order valence-corrected chi connectivity index (χ1v) is 7.99. The first-order chi connectivity index (χ1) is 12.6. The Bertz CT molecular complexity index is 1120. The molecule has 4 aromatic rings. The molecule has 0 unspecified atom stereocenters. The topological polar surface area (TPSA) is 63.6 Å². The Labute approximate surface area is 147 Å².